The smallest absolute Gasteiger partial charge is 0.291 e. The molecule has 2 heterocycles. The van der Waals surface area contributed by atoms with E-state index in [9.17, 15) is 14.4 Å². The molecule has 0 radical (unpaired) electrons. The molecule has 0 aliphatic carbocycles. The van der Waals surface area contributed by atoms with E-state index in [2.05, 4.69) is 10.6 Å². The molecule has 0 aliphatic rings. The van der Waals surface area contributed by atoms with E-state index in [0.29, 0.717) is 15.6 Å². The Morgan fingerprint density at radius 3 is 2.46 bits per heavy atom. The van der Waals surface area contributed by atoms with E-state index in [1.165, 1.54) is 11.2 Å². The highest BCUT2D eigenvalue weighted by Gasteiger charge is 2.18. The first-order valence-corrected chi connectivity index (χ1v) is 9.30. The number of aryl methyl sites for hydroxylation is 1. The van der Waals surface area contributed by atoms with Crippen molar-refractivity contribution in [3.05, 3.63) is 71.0 Å². The van der Waals surface area contributed by atoms with Crippen LogP contribution in [0.4, 0.5) is 10.7 Å². The van der Waals surface area contributed by atoms with Crippen molar-refractivity contribution in [3.8, 4) is 0 Å². The fraction of sp³-hybridized carbons (Fsp3) is 0.150. The topological polar surface area (TPSA) is 91.7 Å². The van der Waals surface area contributed by atoms with Crippen molar-refractivity contribution in [2.45, 2.75) is 6.92 Å². The molecule has 28 heavy (non-hydrogen) atoms. The highest BCUT2D eigenvalue weighted by molar-refractivity contribution is 7.18. The predicted molar refractivity (Wildman–Crippen MR) is 108 cm³/mol. The molecule has 8 heteroatoms. The molecule has 0 atom stereocenters. The Kier molecular flexibility index (Phi) is 5.90. The zero-order valence-electron chi connectivity index (χ0n) is 15.4. The lowest BCUT2D eigenvalue weighted by molar-refractivity contribution is -0.116. The Balaban J connectivity index is 1.55. The van der Waals surface area contributed by atoms with Gasteiger partial charge in [-0.25, -0.2) is 0 Å². The first kappa shape index (κ1) is 19.4. The van der Waals surface area contributed by atoms with Crippen LogP contribution in [0, 0.1) is 6.92 Å². The number of rotatable bonds is 6. The van der Waals surface area contributed by atoms with E-state index in [4.69, 9.17) is 4.42 Å². The predicted octanol–water partition coefficient (Wildman–Crippen LogP) is 3.61. The van der Waals surface area contributed by atoms with E-state index in [1.54, 1.807) is 31.3 Å². The van der Waals surface area contributed by atoms with Gasteiger partial charge in [0.25, 0.3) is 11.8 Å². The molecule has 0 fully saturated rings. The van der Waals surface area contributed by atoms with Crippen molar-refractivity contribution in [2.75, 3.05) is 24.2 Å². The Labute approximate surface area is 166 Å². The second-order valence-electron chi connectivity index (χ2n) is 6.17. The number of nitrogens with zero attached hydrogens (tertiary/aromatic N) is 1. The fourth-order valence-corrected chi connectivity index (χ4v) is 3.31. The fourth-order valence-electron chi connectivity index (χ4n) is 2.41. The summed E-state index contributed by atoms with van der Waals surface area (Å²) >= 11 is 1.13. The molecule has 0 saturated carbocycles. The molecule has 3 aromatic rings. The summed E-state index contributed by atoms with van der Waals surface area (Å²) in [5, 5.41) is 5.94. The van der Waals surface area contributed by atoms with Gasteiger partial charge < -0.3 is 20.0 Å². The van der Waals surface area contributed by atoms with Crippen LogP contribution < -0.4 is 10.6 Å². The van der Waals surface area contributed by atoms with Gasteiger partial charge in [0.1, 0.15) is 0 Å². The van der Waals surface area contributed by atoms with Crippen molar-refractivity contribution in [2.24, 2.45) is 0 Å². The number of benzene rings is 1. The second-order valence-corrected chi connectivity index (χ2v) is 7.25. The van der Waals surface area contributed by atoms with Crippen LogP contribution in [-0.2, 0) is 4.79 Å². The van der Waals surface area contributed by atoms with Gasteiger partial charge in [0.2, 0.25) is 5.91 Å². The van der Waals surface area contributed by atoms with Crippen LogP contribution in [0.25, 0.3) is 0 Å². The third-order valence-corrected chi connectivity index (χ3v) is 4.85. The normalized spacial score (nSPS) is 10.4. The number of amides is 3. The number of hydrogen-bond donors (Lipinski definition) is 2. The van der Waals surface area contributed by atoms with Crippen molar-refractivity contribution in [1.82, 2.24) is 4.90 Å². The number of anilines is 2. The summed E-state index contributed by atoms with van der Waals surface area (Å²) in [6, 6.07) is 13.8. The van der Waals surface area contributed by atoms with Crippen molar-refractivity contribution in [3.63, 3.8) is 0 Å². The maximum absolute atomic E-state index is 12.5. The number of furan rings is 1. The lowest BCUT2D eigenvalue weighted by Gasteiger charge is -2.16. The Hall–Kier alpha value is -3.39. The Bertz CT molecular complexity index is 977. The number of thiophene rings is 1. The minimum atomic E-state index is -0.392. The maximum atomic E-state index is 12.5. The van der Waals surface area contributed by atoms with Gasteiger partial charge in [-0.2, -0.15) is 0 Å². The van der Waals surface area contributed by atoms with Gasteiger partial charge in [0.15, 0.2) is 5.76 Å². The quantitative estimate of drug-likeness (QED) is 0.665. The molecule has 2 N–H and O–H groups in total. The van der Waals surface area contributed by atoms with Gasteiger partial charge in [0.05, 0.1) is 22.7 Å². The summed E-state index contributed by atoms with van der Waals surface area (Å²) in [4.78, 5) is 38.4. The summed E-state index contributed by atoms with van der Waals surface area (Å²) < 4.78 is 5.03. The molecular weight excluding hydrogens is 378 g/mol. The van der Waals surface area contributed by atoms with Crippen LogP contribution in [0.15, 0.2) is 59.2 Å². The first-order chi connectivity index (χ1) is 13.4. The summed E-state index contributed by atoms with van der Waals surface area (Å²) in [5.41, 5.74) is 1.77. The molecule has 2 aromatic heterocycles. The molecule has 1 aromatic carbocycles. The minimum absolute atomic E-state index is 0.0846. The molecule has 0 aliphatic heterocycles. The standard InChI is InChI=1S/C20H19N3O4S/c1-13-5-7-14(8-6-13)21-17(24)12-23(2)20(26)16-9-10-18(28-16)22-19(25)15-4-3-11-27-15/h3-11H,12H2,1-2H3,(H,21,24)(H,22,25). The van der Waals surface area contributed by atoms with Crippen molar-refractivity contribution >= 4 is 39.7 Å². The second kappa shape index (κ2) is 8.53. The summed E-state index contributed by atoms with van der Waals surface area (Å²) in [6.07, 6.45) is 1.41. The molecule has 7 nitrogen and oxygen atoms in total. The Morgan fingerprint density at radius 2 is 1.79 bits per heavy atom. The molecule has 3 rings (SSSR count). The van der Waals surface area contributed by atoms with E-state index < -0.39 is 5.91 Å². The van der Waals surface area contributed by atoms with Gasteiger partial charge >= 0.3 is 0 Å². The van der Waals surface area contributed by atoms with Crippen LogP contribution in [0.3, 0.4) is 0 Å². The number of hydrogen-bond acceptors (Lipinski definition) is 5. The summed E-state index contributed by atoms with van der Waals surface area (Å²) in [5.74, 6) is -0.798. The van der Waals surface area contributed by atoms with Gasteiger partial charge in [0, 0.05) is 12.7 Å². The zero-order chi connectivity index (χ0) is 20.1. The first-order valence-electron chi connectivity index (χ1n) is 8.49. The van der Waals surface area contributed by atoms with Gasteiger partial charge in [-0.1, -0.05) is 17.7 Å². The number of nitrogens with one attached hydrogen (secondary N) is 2. The summed E-state index contributed by atoms with van der Waals surface area (Å²) in [7, 11) is 1.55. The van der Waals surface area contributed by atoms with Crippen LogP contribution in [0.5, 0.6) is 0 Å². The average Bonchev–Trinajstić information content (AvgIpc) is 3.35. The zero-order valence-corrected chi connectivity index (χ0v) is 16.2. The molecular formula is C20H19N3O4S. The summed E-state index contributed by atoms with van der Waals surface area (Å²) in [6.45, 7) is 1.88. The van der Waals surface area contributed by atoms with Crippen LogP contribution in [0.2, 0.25) is 0 Å². The lowest BCUT2D eigenvalue weighted by Crippen LogP contribution is -2.34. The van der Waals surface area contributed by atoms with E-state index in [0.717, 1.165) is 16.9 Å². The van der Waals surface area contributed by atoms with Gasteiger partial charge in [-0.15, -0.1) is 11.3 Å². The monoisotopic (exact) mass is 397 g/mol. The SMILES string of the molecule is Cc1ccc(NC(=O)CN(C)C(=O)c2ccc(NC(=O)c3ccco3)s2)cc1. The number of likely N-dealkylation sites (N-methyl/N-ethyl adjacent to an activating group) is 1. The van der Waals surface area contributed by atoms with Crippen LogP contribution >= 0.6 is 11.3 Å². The van der Waals surface area contributed by atoms with Crippen molar-refractivity contribution < 1.29 is 18.8 Å². The minimum Gasteiger partial charge on any atom is -0.459 e. The molecule has 0 bridgehead atoms. The largest absolute Gasteiger partial charge is 0.459 e. The highest BCUT2D eigenvalue weighted by atomic mass is 32.1. The number of carbonyl (C=O) groups is 3. The molecule has 0 saturated heterocycles. The molecule has 0 unspecified atom stereocenters. The Morgan fingerprint density at radius 1 is 1.04 bits per heavy atom. The van der Waals surface area contributed by atoms with E-state index >= 15 is 0 Å². The average molecular weight is 397 g/mol. The number of carbonyl (C=O) groups excluding carboxylic acids is 3. The highest BCUT2D eigenvalue weighted by Crippen LogP contribution is 2.23. The molecule has 144 valence electrons. The van der Waals surface area contributed by atoms with Gasteiger partial charge in [-0.3, -0.25) is 14.4 Å². The lowest BCUT2D eigenvalue weighted by atomic mass is 10.2. The third-order valence-electron chi connectivity index (χ3n) is 3.86. The third kappa shape index (κ3) is 4.86. The van der Waals surface area contributed by atoms with E-state index in [1.807, 2.05) is 31.2 Å². The van der Waals surface area contributed by atoms with Crippen LogP contribution in [0.1, 0.15) is 25.8 Å². The maximum Gasteiger partial charge on any atom is 0.291 e. The van der Waals surface area contributed by atoms with Gasteiger partial charge in [-0.05, 0) is 43.3 Å². The van der Waals surface area contributed by atoms with E-state index in [-0.39, 0.29) is 24.1 Å². The molecule has 0 spiro atoms. The molecule has 3 amide bonds. The van der Waals surface area contributed by atoms with Crippen LogP contribution in [-0.4, -0.2) is 36.2 Å². The van der Waals surface area contributed by atoms with Crippen molar-refractivity contribution in [1.29, 1.82) is 0 Å².